The number of ether oxygens (including phenoxy) is 2. The monoisotopic (exact) mass is 372 g/mol. The molecule has 3 aromatic rings. The maximum absolute atomic E-state index is 11.6. The predicted octanol–water partition coefficient (Wildman–Crippen LogP) is 1.24. The number of benzene rings is 1. The molecule has 0 fully saturated rings. The Labute approximate surface area is 154 Å². The standard InChI is InChI=1S/C18H20N4O5/c1-2-26-16(24)10-19-15(23)4-3-7-27-12-5-6-13-11(8-12)9-14-17(20-13)22-18(25)21-14/h5-6,8-9H,2-4,7,10H2,1H3,(H,19,23)(H2,20,21,22,25). The number of imidazole rings is 1. The summed E-state index contributed by atoms with van der Waals surface area (Å²) in [5.41, 5.74) is 1.58. The molecule has 0 aliphatic heterocycles. The van der Waals surface area contributed by atoms with Crippen molar-refractivity contribution in [3.05, 3.63) is 34.7 Å². The highest BCUT2D eigenvalue weighted by atomic mass is 16.5. The van der Waals surface area contributed by atoms with Crippen molar-refractivity contribution in [2.75, 3.05) is 19.8 Å². The fourth-order valence-electron chi connectivity index (χ4n) is 2.59. The van der Waals surface area contributed by atoms with E-state index >= 15 is 0 Å². The number of aromatic amines is 2. The molecule has 0 atom stereocenters. The summed E-state index contributed by atoms with van der Waals surface area (Å²) in [5.74, 6) is -0.0358. The maximum Gasteiger partial charge on any atom is 0.325 e. The number of nitrogens with zero attached hydrogens (tertiary/aromatic N) is 1. The average Bonchev–Trinajstić information content (AvgIpc) is 3.00. The molecule has 0 bridgehead atoms. The highest BCUT2D eigenvalue weighted by Gasteiger charge is 2.07. The molecular weight excluding hydrogens is 352 g/mol. The van der Waals surface area contributed by atoms with Crippen LogP contribution < -0.4 is 15.7 Å². The molecule has 0 radical (unpaired) electrons. The molecule has 0 saturated heterocycles. The average molecular weight is 372 g/mol. The number of fused-ring (bicyclic) bond motifs is 2. The molecule has 1 amide bonds. The molecule has 2 aromatic heterocycles. The number of aromatic nitrogens is 3. The van der Waals surface area contributed by atoms with Crippen LogP contribution in [-0.4, -0.2) is 46.6 Å². The van der Waals surface area contributed by atoms with Gasteiger partial charge in [-0.3, -0.25) is 14.6 Å². The minimum atomic E-state index is -0.454. The van der Waals surface area contributed by atoms with E-state index in [0.29, 0.717) is 29.9 Å². The van der Waals surface area contributed by atoms with E-state index in [1.165, 1.54) is 0 Å². The van der Waals surface area contributed by atoms with E-state index in [1.54, 1.807) is 13.0 Å². The zero-order chi connectivity index (χ0) is 19.2. The van der Waals surface area contributed by atoms with Gasteiger partial charge in [0.2, 0.25) is 5.91 Å². The minimum absolute atomic E-state index is 0.124. The third-order valence-corrected chi connectivity index (χ3v) is 3.82. The van der Waals surface area contributed by atoms with Crippen molar-refractivity contribution in [1.29, 1.82) is 0 Å². The van der Waals surface area contributed by atoms with Crippen LogP contribution in [0.2, 0.25) is 0 Å². The molecule has 142 valence electrons. The summed E-state index contributed by atoms with van der Waals surface area (Å²) >= 11 is 0. The first-order valence-corrected chi connectivity index (χ1v) is 8.63. The number of carbonyl (C=O) groups is 2. The van der Waals surface area contributed by atoms with E-state index in [4.69, 9.17) is 9.47 Å². The fraction of sp³-hybridized carbons (Fsp3) is 0.333. The number of nitrogens with one attached hydrogen (secondary N) is 3. The van der Waals surface area contributed by atoms with Crippen LogP contribution in [0.5, 0.6) is 5.75 Å². The van der Waals surface area contributed by atoms with Gasteiger partial charge in [0.1, 0.15) is 12.3 Å². The van der Waals surface area contributed by atoms with Crippen LogP contribution in [0.25, 0.3) is 22.1 Å². The number of H-pyrrole nitrogens is 2. The van der Waals surface area contributed by atoms with Crippen LogP contribution in [0.1, 0.15) is 19.8 Å². The smallest absolute Gasteiger partial charge is 0.325 e. The maximum atomic E-state index is 11.6. The van der Waals surface area contributed by atoms with Gasteiger partial charge in [-0.05, 0) is 37.6 Å². The summed E-state index contributed by atoms with van der Waals surface area (Å²) in [5, 5.41) is 3.34. The van der Waals surface area contributed by atoms with Crippen molar-refractivity contribution >= 4 is 33.9 Å². The van der Waals surface area contributed by atoms with E-state index in [0.717, 1.165) is 10.9 Å². The Kier molecular flexibility index (Phi) is 5.70. The Hall–Kier alpha value is -3.36. The lowest BCUT2D eigenvalue weighted by Gasteiger charge is -2.08. The molecule has 0 aliphatic rings. The van der Waals surface area contributed by atoms with Gasteiger partial charge in [0.25, 0.3) is 0 Å². The normalized spacial score (nSPS) is 10.9. The first kappa shape index (κ1) is 18.4. The van der Waals surface area contributed by atoms with Crippen molar-refractivity contribution in [1.82, 2.24) is 20.3 Å². The third-order valence-electron chi connectivity index (χ3n) is 3.82. The second-order valence-corrected chi connectivity index (χ2v) is 5.85. The first-order chi connectivity index (χ1) is 13.0. The molecule has 9 heteroatoms. The number of rotatable bonds is 8. The molecule has 0 unspecified atom stereocenters. The van der Waals surface area contributed by atoms with Gasteiger partial charge in [-0.15, -0.1) is 0 Å². The van der Waals surface area contributed by atoms with Gasteiger partial charge >= 0.3 is 11.7 Å². The summed E-state index contributed by atoms with van der Waals surface area (Å²) in [6, 6.07) is 7.24. The summed E-state index contributed by atoms with van der Waals surface area (Å²) in [6.45, 7) is 2.23. The second kappa shape index (κ2) is 8.35. The molecule has 1 aromatic carbocycles. The van der Waals surface area contributed by atoms with Gasteiger partial charge in [-0.25, -0.2) is 9.78 Å². The Bertz CT molecular complexity index is 1020. The van der Waals surface area contributed by atoms with E-state index in [1.807, 2.05) is 18.2 Å². The SMILES string of the molecule is CCOC(=O)CNC(=O)CCCOc1ccc2nc3[nH]c(=O)[nH]c3cc2c1. The van der Waals surface area contributed by atoms with E-state index in [9.17, 15) is 14.4 Å². The van der Waals surface area contributed by atoms with Gasteiger partial charge in [0.15, 0.2) is 5.65 Å². The van der Waals surface area contributed by atoms with Gasteiger partial charge < -0.3 is 19.8 Å². The summed E-state index contributed by atoms with van der Waals surface area (Å²) in [6.07, 6.45) is 0.759. The molecule has 2 heterocycles. The summed E-state index contributed by atoms with van der Waals surface area (Å²) in [4.78, 5) is 43.8. The largest absolute Gasteiger partial charge is 0.494 e. The Balaban J connectivity index is 1.50. The zero-order valence-electron chi connectivity index (χ0n) is 14.8. The minimum Gasteiger partial charge on any atom is -0.494 e. The lowest BCUT2D eigenvalue weighted by atomic mass is 10.2. The quantitative estimate of drug-likeness (QED) is 0.403. The summed E-state index contributed by atoms with van der Waals surface area (Å²) < 4.78 is 10.4. The number of amides is 1. The van der Waals surface area contributed by atoms with E-state index in [2.05, 4.69) is 20.3 Å². The Morgan fingerprint density at radius 3 is 2.89 bits per heavy atom. The molecule has 3 N–H and O–H groups in total. The van der Waals surface area contributed by atoms with Crippen LogP contribution in [0.4, 0.5) is 0 Å². The number of hydrogen-bond donors (Lipinski definition) is 3. The molecule has 9 nitrogen and oxygen atoms in total. The fourth-order valence-corrected chi connectivity index (χ4v) is 2.59. The van der Waals surface area contributed by atoms with E-state index in [-0.39, 0.29) is 31.2 Å². The Morgan fingerprint density at radius 1 is 1.22 bits per heavy atom. The van der Waals surface area contributed by atoms with Gasteiger partial charge in [0.05, 0.1) is 24.2 Å². The Morgan fingerprint density at radius 2 is 2.07 bits per heavy atom. The van der Waals surface area contributed by atoms with Crippen LogP contribution >= 0.6 is 0 Å². The third kappa shape index (κ3) is 4.84. The van der Waals surface area contributed by atoms with Crippen LogP contribution in [0, 0.1) is 0 Å². The lowest BCUT2D eigenvalue weighted by Crippen LogP contribution is -2.30. The number of hydrogen-bond acceptors (Lipinski definition) is 6. The first-order valence-electron chi connectivity index (χ1n) is 8.63. The number of pyridine rings is 1. The highest BCUT2D eigenvalue weighted by Crippen LogP contribution is 2.22. The molecular formula is C18H20N4O5. The summed E-state index contributed by atoms with van der Waals surface area (Å²) in [7, 11) is 0. The molecule has 0 spiro atoms. The number of esters is 1. The highest BCUT2D eigenvalue weighted by molar-refractivity contribution is 5.90. The molecule has 27 heavy (non-hydrogen) atoms. The van der Waals surface area contributed by atoms with Crippen molar-refractivity contribution in [2.24, 2.45) is 0 Å². The van der Waals surface area contributed by atoms with Crippen LogP contribution in [0.15, 0.2) is 29.1 Å². The lowest BCUT2D eigenvalue weighted by molar-refractivity contribution is -0.143. The number of carbonyl (C=O) groups excluding carboxylic acids is 2. The van der Waals surface area contributed by atoms with Gasteiger partial charge in [-0.2, -0.15) is 0 Å². The predicted molar refractivity (Wildman–Crippen MR) is 98.6 cm³/mol. The zero-order valence-corrected chi connectivity index (χ0v) is 14.8. The molecule has 0 saturated carbocycles. The van der Waals surface area contributed by atoms with Crippen molar-refractivity contribution in [3.8, 4) is 5.75 Å². The van der Waals surface area contributed by atoms with Crippen LogP contribution in [0.3, 0.4) is 0 Å². The van der Waals surface area contributed by atoms with Crippen molar-refractivity contribution in [2.45, 2.75) is 19.8 Å². The van der Waals surface area contributed by atoms with Gasteiger partial charge in [0, 0.05) is 11.8 Å². The van der Waals surface area contributed by atoms with Crippen molar-refractivity contribution < 1.29 is 19.1 Å². The van der Waals surface area contributed by atoms with Crippen molar-refractivity contribution in [3.63, 3.8) is 0 Å². The molecule has 0 aliphatic carbocycles. The molecule has 3 rings (SSSR count). The van der Waals surface area contributed by atoms with E-state index < -0.39 is 5.97 Å². The van der Waals surface area contributed by atoms with Gasteiger partial charge in [-0.1, -0.05) is 0 Å². The second-order valence-electron chi connectivity index (χ2n) is 5.85. The van der Waals surface area contributed by atoms with Crippen LogP contribution in [-0.2, 0) is 14.3 Å². The topological polar surface area (TPSA) is 126 Å².